The summed E-state index contributed by atoms with van der Waals surface area (Å²) in [5.74, 6) is -1.81. The lowest BCUT2D eigenvalue weighted by Gasteiger charge is -2.24. The molecule has 0 aliphatic carbocycles. The van der Waals surface area contributed by atoms with Gasteiger partial charge in [-0.05, 0) is 58.8 Å². The lowest BCUT2D eigenvalue weighted by Crippen LogP contribution is -2.50. The molecule has 9 heteroatoms. The number of nitrogens with one attached hydrogen (secondary N) is 2. The van der Waals surface area contributed by atoms with Crippen LogP contribution in [0.1, 0.15) is 38.5 Å². The lowest BCUT2D eigenvalue weighted by atomic mass is 9.96. The summed E-state index contributed by atoms with van der Waals surface area (Å²) < 4.78 is 0. The molecule has 0 saturated carbocycles. The number of Topliss-reactive ketones (excluding diaryl/α,β-unsaturated/α-hetero) is 2. The average Bonchev–Trinajstić information content (AvgIpc) is 2.68. The van der Waals surface area contributed by atoms with Gasteiger partial charge in [0, 0.05) is 6.42 Å². The van der Waals surface area contributed by atoms with Crippen molar-refractivity contribution in [3.8, 4) is 0 Å². The summed E-state index contributed by atoms with van der Waals surface area (Å²) in [7, 11) is 0. The lowest BCUT2D eigenvalue weighted by molar-refractivity contribution is -0.154. The van der Waals surface area contributed by atoms with Gasteiger partial charge in [0.15, 0.2) is 11.6 Å². The Bertz CT molecular complexity index is 409. The van der Waals surface area contributed by atoms with Crippen LogP contribution in [-0.2, 0) is 9.59 Å². The third kappa shape index (κ3) is 11.5. The molecule has 9 nitrogen and oxygen atoms in total. The van der Waals surface area contributed by atoms with Crippen LogP contribution in [0.2, 0.25) is 0 Å². The zero-order chi connectivity index (χ0) is 20.7. The standard InChI is InChI=1S/C18H34N2O7/c1-2-8-19-9-4-3-5-10-20-11-6-7-13(22)15(24)17(26)18(27)16(25)14(23)12-21/h1,15-21,24-27H,2-12H2/t15-,16+,17+,18+/m0/s1. The minimum Gasteiger partial charge on any atom is -0.388 e. The smallest absolute Gasteiger partial charge is 0.189 e. The Kier molecular flexibility index (Phi) is 15.5. The third-order valence-electron chi connectivity index (χ3n) is 4.12. The molecule has 27 heavy (non-hydrogen) atoms. The summed E-state index contributed by atoms with van der Waals surface area (Å²) in [6.45, 7) is 7.48. The SMILES string of the molecule is [CH]CCNCCCCCNCCCC(=O)[C@H](O)[C@@H](O)[C@H](O)[C@H](O)C(=O)CO. The number of aliphatic hydroxyl groups excluding tert-OH is 5. The maximum absolute atomic E-state index is 11.8. The van der Waals surface area contributed by atoms with Gasteiger partial charge in [0.1, 0.15) is 31.0 Å². The van der Waals surface area contributed by atoms with E-state index in [1.54, 1.807) is 0 Å². The molecule has 0 rings (SSSR count). The van der Waals surface area contributed by atoms with Crippen molar-refractivity contribution >= 4 is 11.6 Å². The summed E-state index contributed by atoms with van der Waals surface area (Å²) in [5, 5.41) is 53.4. The molecule has 0 aliphatic rings. The number of rotatable bonds is 18. The van der Waals surface area contributed by atoms with Gasteiger partial charge in [0.25, 0.3) is 0 Å². The zero-order valence-electron chi connectivity index (χ0n) is 15.7. The van der Waals surface area contributed by atoms with Gasteiger partial charge < -0.3 is 36.2 Å². The molecule has 0 saturated heterocycles. The largest absolute Gasteiger partial charge is 0.388 e. The Labute approximate surface area is 160 Å². The van der Waals surface area contributed by atoms with Crippen LogP contribution in [0, 0.1) is 6.92 Å². The summed E-state index contributed by atoms with van der Waals surface area (Å²) in [6.07, 6.45) is -3.86. The van der Waals surface area contributed by atoms with E-state index in [0.717, 1.165) is 38.9 Å². The van der Waals surface area contributed by atoms with Gasteiger partial charge in [-0.2, -0.15) is 0 Å². The van der Waals surface area contributed by atoms with Gasteiger partial charge in [-0.1, -0.05) is 6.42 Å². The van der Waals surface area contributed by atoms with Crippen molar-refractivity contribution in [1.82, 2.24) is 10.6 Å². The van der Waals surface area contributed by atoms with Crippen LogP contribution >= 0.6 is 0 Å². The highest BCUT2D eigenvalue weighted by Gasteiger charge is 2.36. The zero-order valence-corrected chi connectivity index (χ0v) is 15.7. The fourth-order valence-electron chi connectivity index (χ4n) is 2.41. The first-order valence-electron chi connectivity index (χ1n) is 9.36. The first-order chi connectivity index (χ1) is 12.9. The molecule has 2 radical (unpaired) electrons. The minimum absolute atomic E-state index is 0.0228. The van der Waals surface area contributed by atoms with Gasteiger partial charge in [-0.25, -0.2) is 0 Å². The van der Waals surface area contributed by atoms with Gasteiger partial charge in [0.05, 0.1) is 0 Å². The highest BCUT2D eigenvalue weighted by Crippen LogP contribution is 2.09. The second-order valence-electron chi connectivity index (χ2n) is 6.41. The van der Waals surface area contributed by atoms with Crippen LogP contribution in [0.4, 0.5) is 0 Å². The van der Waals surface area contributed by atoms with Crippen LogP contribution < -0.4 is 10.6 Å². The number of ketones is 2. The first kappa shape index (κ1) is 26.1. The Hall–Kier alpha value is -0.940. The van der Waals surface area contributed by atoms with E-state index >= 15 is 0 Å². The fraction of sp³-hybridized carbons (Fsp3) is 0.833. The predicted octanol–water partition coefficient (Wildman–Crippen LogP) is -2.21. The van der Waals surface area contributed by atoms with E-state index in [1.807, 2.05) is 0 Å². The first-order valence-corrected chi connectivity index (χ1v) is 9.36. The number of carbonyl (C=O) groups is 2. The maximum atomic E-state index is 11.8. The number of carbonyl (C=O) groups excluding carboxylic acids is 2. The maximum Gasteiger partial charge on any atom is 0.189 e. The minimum atomic E-state index is -2.07. The van der Waals surface area contributed by atoms with Crippen LogP contribution in [0.5, 0.6) is 0 Å². The van der Waals surface area contributed by atoms with Gasteiger partial charge in [0.2, 0.25) is 0 Å². The molecule has 0 unspecified atom stereocenters. The van der Waals surface area contributed by atoms with Gasteiger partial charge in [-0.3, -0.25) is 9.59 Å². The molecule has 158 valence electrons. The highest BCUT2D eigenvalue weighted by molar-refractivity contribution is 5.85. The molecule has 0 aromatic heterocycles. The third-order valence-corrected chi connectivity index (χ3v) is 4.12. The number of unbranched alkanes of at least 4 members (excludes halogenated alkanes) is 2. The van der Waals surface area contributed by atoms with Crippen molar-refractivity contribution in [2.45, 2.75) is 62.9 Å². The van der Waals surface area contributed by atoms with Crippen molar-refractivity contribution in [2.75, 3.05) is 32.8 Å². The van der Waals surface area contributed by atoms with E-state index in [-0.39, 0.29) is 6.42 Å². The second kappa shape index (κ2) is 16.1. The summed E-state index contributed by atoms with van der Waals surface area (Å²) in [6, 6.07) is 0. The summed E-state index contributed by atoms with van der Waals surface area (Å²) in [4.78, 5) is 22.9. The topological polar surface area (TPSA) is 159 Å². The molecule has 7 N–H and O–H groups in total. The molecule has 0 heterocycles. The second-order valence-corrected chi connectivity index (χ2v) is 6.41. The molecule has 0 fully saturated rings. The van der Waals surface area contributed by atoms with E-state index < -0.39 is 42.6 Å². The Morgan fingerprint density at radius 3 is 1.74 bits per heavy atom. The van der Waals surface area contributed by atoms with Crippen molar-refractivity contribution in [3.05, 3.63) is 6.92 Å². The molecule has 0 amide bonds. The van der Waals surface area contributed by atoms with E-state index in [2.05, 4.69) is 10.6 Å². The Morgan fingerprint density at radius 1 is 0.741 bits per heavy atom. The molecule has 0 aromatic rings. The Morgan fingerprint density at radius 2 is 1.22 bits per heavy atom. The van der Waals surface area contributed by atoms with Crippen molar-refractivity contribution in [2.24, 2.45) is 0 Å². The van der Waals surface area contributed by atoms with Gasteiger partial charge >= 0.3 is 0 Å². The van der Waals surface area contributed by atoms with E-state index in [0.29, 0.717) is 19.4 Å². The summed E-state index contributed by atoms with van der Waals surface area (Å²) in [5.41, 5.74) is 0. The summed E-state index contributed by atoms with van der Waals surface area (Å²) >= 11 is 0. The predicted molar refractivity (Wildman–Crippen MR) is 98.9 cm³/mol. The van der Waals surface area contributed by atoms with Crippen LogP contribution in [0.15, 0.2) is 0 Å². The van der Waals surface area contributed by atoms with Crippen molar-refractivity contribution < 1.29 is 35.1 Å². The average molecular weight is 390 g/mol. The fourth-order valence-corrected chi connectivity index (χ4v) is 2.41. The number of hydrogen-bond acceptors (Lipinski definition) is 9. The molecular formula is C18H34N2O7. The van der Waals surface area contributed by atoms with E-state index in [1.165, 1.54) is 0 Å². The van der Waals surface area contributed by atoms with Gasteiger partial charge in [-0.15, -0.1) is 0 Å². The van der Waals surface area contributed by atoms with Crippen LogP contribution in [-0.4, -0.2) is 94.3 Å². The number of hydrogen-bond donors (Lipinski definition) is 7. The quantitative estimate of drug-likeness (QED) is 0.129. The van der Waals surface area contributed by atoms with E-state index in [9.17, 15) is 30.0 Å². The highest BCUT2D eigenvalue weighted by atomic mass is 16.4. The van der Waals surface area contributed by atoms with E-state index in [4.69, 9.17) is 12.0 Å². The Balaban J connectivity index is 3.84. The number of aliphatic hydroxyl groups is 5. The van der Waals surface area contributed by atoms with Crippen molar-refractivity contribution in [1.29, 1.82) is 0 Å². The molecule has 0 aromatic carbocycles. The monoisotopic (exact) mass is 390 g/mol. The van der Waals surface area contributed by atoms with Crippen LogP contribution in [0.3, 0.4) is 0 Å². The van der Waals surface area contributed by atoms with Crippen molar-refractivity contribution in [3.63, 3.8) is 0 Å². The molecular weight excluding hydrogens is 356 g/mol. The molecule has 4 atom stereocenters. The normalized spacial score (nSPS) is 15.9. The molecule has 0 bridgehead atoms. The van der Waals surface area contributed by atoms with Crippen LogP contribution in [0.25, 0.3) is 0 Å². The molecule has 0 spiro atoms. The molecule has 0 aliphatic heterocycles.